The Bertz CT molecular complexity index is 112. The van der Waals surface area contributed by atoms with Crippen LogP contribution in [0.4, 0.5) is 0 Å². The van der Waals surface area contributed by atoms with Crippen LogP contribution in [0.3, 0.4) is 0 Å². The van der Waals surface area contributed by atoms with Crippen molar-refractivity contribution in [3.63, 3.8) is 0 Å². The lowest BCUT2D eigenvalue weighted by Crippen LogP contribution is -1.84. The third kappa shape index (κ3) is 1.28. The van der Waals surface area contributed by atoms with Crippen molar-refractivity contribution in [2.45, 2.75) is 0 Å². The van der Waals surface area contributed by atoms with Gasteiger partial charge in [-0.15, -0.1) is 0 Å². The minimum absolute atomic E-state index is 0. The second-order valence-corrected chi connectivity index (χ2v) is 0.996. The summed E-state index contributed by atoms with van der Waals surface area (Å²) in [6, 6.07) is 0. The number of ketones is 1. The summed E-state index contributed by atoms with van der Waals surface area (Å²) in [5.74, 6) is -0.0185. The Labute approximate surface area is 41.3 Å². The van der Waals surface area contributed by atoms with Gasteiger partial charge in [0.1, 0.15) is 0 Å². The van der Waals surface area contributed by atoms with Gasteiger partial charge in [-0.2, -0.15) is 0 Å². The highest BCUT2D eigenvalue weighted by Crippen LogP contribution is 1.82. The molecule has 0 amide bonds. The molecule has 0 aromatic carbocycles. The van der Waals surface area contributed by atoms with Crippen molar-refractivity contribution < 1.29 is 4.79 Å². The highest BCUT2D eigenvalue weighted by molar-refractivity contribution is 6.34. The Hall–Kier alpha value is -0.960. The van der Waals surface area contributed by atoms with Gasteiger partial charge in [0.05, 0.1) is 6.21 Å². The standard InChI is InChI=1S/C4H3NO.H3N/c6-4-1-2-5-3-4;/h1-3H;1H3. The van der Waals surface area contributed by atoms with E-state index in [1.807, 2.05) is 0 Å². The van der Waals surface area contributed by atoms with Gasteiger partial charge in [0.25, 0.3) is 0 Å². The quantitative estimate of drug-likeness (QED) is 0.474. The number of carbonyl (C=O) groups is 1. The van der Waals surface area contributed by atoms with Gasteiger partial charge in [0.2, 0.25) is 0 Å². The van der Waals surface area contributed by atoms with Gasteiger partial charge in [0.15, 0.2) is 5.78 Å². The number of carbonyl (C=O) groups excluding carboxylic acids is 1. The molecule has 0 fully saturated rings. The summed E-state index contributed by atoms with van der Waals surface area (Å²) in [5.41, 5.74) is 0. The summed E-state index contributed by atoms with van der Waals surface area (Å²) >= 11 is 0. The Kier molecular flexibility index (Phi) is 1.95. The lowest BCUT2D eigenvalue weighted by molar-refractivity contribution is -0.108. The molecule has 0 aromatic heterocycles. The third-order valence-corrected chi connectivity index (χ3v) is 0.527. The predicted molar refractivity (Wildman–Crippen MR) is 27.7 cm³/mol. The van der Waals surface area contributed by atoms with Gasteiger partial charge in [-0.05, 0) is 0 Å². The normalized spacial score (nSPS) is 14.6. The van der Waals surface area contributed by atoms with Crippen molar-refractivity contribution in [2.24, 2.45) is 4.99 Å². The molecule has 1 aliphatic heterocycles. The van der Waals surface area contributed by atoms with E-state index in [2.05, 4.69) is 4.99 Å². The van der Waals surface area contributed by atoms with Crippen molar-refractivity contribution in [3.8, 4) is 0 Å². The van der Waals surface area contributed by atoms with E-state index in [-0.39, 0.29) is 11.9 Å². The second-order valence-electron chi connectivity index (χ2n) is 0.996. The lowest BCUT2D eigenvalue weighted by Gasteiger charge is -1.59. The molecule has 0 unspecified atom stereocenters. The molecule has 0 aromatic rings. The first kappa shape index (κ1) is 6.04. The lowest BCUT2D eigenvalue weighted by atomic mass is 10.5. The molecule has 38 valence electrons. The molecule has 1 heterocycles. The monoisotopic (exact) mass is 98.0 g/mol. The molecule has 0 aliphatic carbocycles. The van der Waals surface area contributed by atoms with E-state index in [1.54, 1.807) is 0 Å². The average Bonchev–Trinajstić information content (AvgIpc) is 1.86. The second kappa shape index (κ2) is 2.25. The van der Waals surface area contributed by atoms with Gasteiger partial charge < -0.3 is 6.15 Å². The van der Waals surface area contributed by atoms with E-state index < -0.39 is 0 Å². The summed E-state index contributed by atoms with van der Waals surface area (Å²) in [4.78, 5) is 13.5. The first-order valence-corrected chi connectivity index (χ1v) is 1.63. The highest BCUT2D eigenvalue weighted by atomic mass is 16.1. The summed E-state index contributed by atoms with van der Waals surface area (Å²) in [6.07, 6.45) is 4.17. The summed E-state index contributed by atoms with van der Waals surface area (Å²) < 4.78 is 0. The number of hydrogen-bond donors (Lipinski definition) is 1. The van der Waals surface area contributed by atoms with Crippen LogP contribution in [0.5, 0.6) is 0 Å². The van der Waals surface area contributed by atoms with Crippen LogP contribution in [0.1, 0.15) is 0 Å². The van der Waals surface area contributed by atoms with Gasteiger partial charge >= 0.3 is 0 Å². The summed E-state index contributed by atoms with van der Waals surface area (Å²) in [5, 5.41) is 0. The fourth-order valence-electron chi connectivity index (χ4n) is 0.276. The molecule has 1 aliphatic rings. The summed E-state index contributed by atoms with van der Waals surface area (Å²) in [6.45, 7) is 0. The van der Waals surface area contributed by atoms with Crippen molar-refractivity contribution in [2.75, 3.05) is 0 Å². The Morgan fingerprint density at radius 3 is 2.43 bits per heavy atom. The maximum atomic E-state index is 10.0. The number of nitrogens with zero attached hydrogens (tertiary/aromatic N) is 1. The maximum Gasteiger partial charge on any atom is 0.198 e. The van der Waals surface area contributed by atoms with Gasteiger partial charge in [0, 0.05) is 12.3 Å². The van der Waals surface area contributed by atoms with Crippen LogP contribution in [-0.4, -0.2) is 12.0 Å². The van der Waals surface area contributed by atoms with E-state index in [0.717, 1.165) is 0 Å². The van der Waals surface area contributed by atoms with E-state index in [1.165, 1.54) is 18.5 Å². The Balaban J connectivity index is 0.000000360. The van der Waals surface area contributed by atoms with Crippen LogP contribution in [0.25, 0.3) is 0 Å². The van der Waals surface area contributed by atoms with E-state index in [9.17, 15) is 4.79 Å². The Morgan fingerprint density at radius 2 is 2.29 bits per heavy atom. The minimum atomic E-state index is -0.0185. The molecule has 0 saturated heterocycles. The van der Waals surface area contributed by atoms with Crippen LogP contribution in [0.2, 0.25) is 0 Å². The van der Waals surface area contributed by atoms with E-state index in [4.69, 9.17) is 0 Å². The van der Waals surface area contributed by atoms with Gasteiger partial charge in [-0.25, -0.2) is 0 Å². The molecular weight excluding hydrogens is 92.1 g/mol. The van der Waals surface area contributed by atoms with Crippen molar-refractivity contribution in [3.05, 3.63) is 12.3 Å². The third-order valence-electron chi connectivity index (χ3n) is 0.527. The molecule has 7 heavy (non-hydrogen) atoms. The SMILES string of the molecule is N.O=C1C=CN=C1. The first-order chi connectivity index (χ1) is 2.89. The average molecular weight is 98.1 g/mol. The fraction of sp³-hybridized carbons (Fsp3) is 0. The molecule has 3 nitrogen and oxygen atoms in total. The molecule has 1 rings (SSSR count). The van der Waals surface area contributed by atoms with Crippen LogP contribution in [0, 0.1) is 0 Å². The number of rotatable bonds is 0. The van der Waals surface area contributed by atoms with Crippen LogP contribution < -0.4 is 6.15 Å². The topological polar surface area (TPSA) is 64.4 Å². The number of hydrogen-bond acceptors (Lipinski definition) is 3. The van der Waals surface area contributed by atoms with E-state index in [0.29, 0.717) is 0 Å². The van der Waals surface area contributed by atoms with Crippen molar-refractivity contribution in [1.29, 1.82) is 0 Å². The molecule has 0 saturated carbocycles. The van der Waals surface area contributed by atoms with Gasteiger partial charge in [-0.1, -0.05) is 0 Å². The Morgan fingerprint density at radius 1 is 1.57 bits per heavy atom. The minimum Gasteiger partial charge on any atom is -0.344 e. The van der Waals surface area contributed by atoms with Gasteiger partial charge in [-0.3, -0.25) is 9.79 Å². The number of allylic oxidation sites excluding steroid dienone is 1. The zero-order valence-electron chi connectivity index (χ0n) is 3.79. The first-order valence-electron chi connectivity index (χ1n) is 1.63. The molecular formula is C4H6N2O. The molecule has 0 bridgehead atoms. The number of aliphatic imine (C=N–C) groups is 1. The van der Waals surface area contributed by atoms with Crippen molar-refractivity contribution >= 4 is 12.0 Å². The van der Waals surface area contributed by atoms with Crippen molar-refractivity contribution in [1.82, 2.24) is 6.15 Å². The molecule has 3 heteroatoms. The smallest absolute Gasteiger partial charge is 0.198 e. The van der Waals surface area contributed by atoms with E-state index >= 15 is 0 Å². The zero-order chi connectivity index (χ0) is 4.41. The van der Waals surface area contributed by atoms with Crippen LogP contribution in [0.15, 0.2) is 17.3 Å². The van der Waals surface area contributed by atoms with Crippen LogP contribution >= 0.6 is 0 Å². The molecule has 0 spiro atoms. The molecule has 0 radical (unpaired) electrons. The predicted octanol–water partition coefficient (Wildman–Crippen LogP) is 0.316. The fourth-order valence-corrected chi connectivity index (χ4v) is 0.276. The van der Waals surface area contributed by atoms with Crippen LogP contribution in [-0.2, 0) is 4.79 Å². The zero-order valence-corrected chi connectivity index (χ0v) is 3.79. The largest absolute Gasteiger partial charge is 0.344 e. The highest BCUT2D eigenvalue weighted by Gasteiger charge is 1.90. The summed E-state index contributed by atoms with van der Waals surface area (Å²) in [7, 11) is 0. The maximum absolute atomic E-state index is 10.0. The molecule has 3 N–H and O–H groups in total. The molecule has 0 atom stereocenters.